The summed E-state index contributed by atoms with van der Waals surface area (Å²) >= 11 is 11.1. The van der Waals surface area contributed by atoms with Gasteiger partial charge in [0.25, 0.3) is 0 Å². The van der Waals surface area contributed by atoms with Gasteiger partial charge in [0.2, 0.25) is 5.56 Å². The van der Waals surface area contributed by atoms with Crippen LogP contribution in [0.1, 0.15) is 26.4 Å². The molecule has 0 fully saturated rings. The lowest BCUT2D eigenvalue weighted by Gasteiger charge is -2.08. The van der Waals surface area contributed by atoms with Crippen LogP contribution in [0.15, 0.2) is 59.2 Å². The average molecular weight is 436 g/mol. The number of aromatic nitrogens is 2. The van der Waals surface area contributed by atoms with E-state index in [4.69, 9.17) is 23.2 Å². The van der Waals surface area contributed by atoms with Crippen LogP contribution in [0.25, 0.3) is 0 Å². The molecule has 1 unspecified atom stereocenters. The van der Waals surface area contributed by atoms with Crippen molar-refractivity contribution in [3.8, 4) is 0 Å². The number of alkyl halides is 1. The third kappa shape index (κ3) is 8.68. The molecule has 0 bridgehead atoms. The SMILES string of the molecule is Cc1nc(Cl)ccc1C=O.Cn1cc(C=O)ccc1=O.O=CC1=CNC(Cl)C=C1. The zero-order valence-electron chi connectivity index (χ0n) is 15.7. The van der Waals surface area contributed by atoms with Gasteiger partial charge < -0.3 is 9.88 Å². The number of nitrogens with zero attached hydrogens (tertiary/aromatic N) is 2. The molecule has 0 radical (unpaired) electrons. The number of aldehydes is 3. The summed E-state index contributed by atoms with van der Waals surface area (Å²) in [5, 5.41) is 3.19. The molecule has 2 aromatic rings. The standard InChI is InChI=1S/C7H6ClNO.C7H7NO2.C6H6ClNO/c1-5-6(4-10)2-3-7(8)9-5;1-8-4-6(5-9)2-3-7(8)10;7-6-2-1-5(4-9)3-8-6/h2-4H,1H3;2-5H,1H3;1-4,6,8H. The van der Waals surface area contributed by atoms with Gasteiger partial charge in [0.05, 0.1) is 0 Å². The molecule has 152 valence electrons. The Balaban J connectivity index is 0.000000218. The number of rotatable bonds is 3. The van der Waals surface area contributed by atoms with E-state index in [-0.39, 0.29) is 11.1 Å². The molecular weight excluding hydrogens is 417 g/mol. The summed E-state index contributed by atoms with van der Waals surface area (Å²) in [4.78, 5) is 45.1. The van der Waals surface area contributed by atoms with E-state index in [1.165, 1.54) is 22.9 Å². The lowest BCUT2D eigenvalue weighted by molar-refractivity contribution is -0.104. The average Bonchev–Trinajstić information content (AvgIpc) is 2.72. The fourth-order valence-electron chi connectivity index (χ4n) is 1.90. The monoisotopic (exact) mass is 435 g/mol. The number of carbonyl (C=O) groups is 3. The van der Waals surface area contributed by atoms with Gasteiger partial charge in [-0.1, -0.05) is 29.3 Å². The van der Waals surface area contributed by atoms with Crippen molar-refractivity contribution in [1.29, 1.82) is 0 Å². The summed E-state index contributed by atoms with van der Waals surface area (Å²) in [5.74, 6) is 0. The molecule has 0 saturated heterocycles. The highest BCUT2D eigenvalue weighted by Crippen LogP contribution is 2.08. The first-order valence-electron chi connectivity index (χ1n) is 8.24. The van der Waals surface area contributed by atoms with Crippen molar-refractivity contribution >= 4 is 42.1 Å². The predicted molar refractivity (Wildman–Crippen MR) is 113 cm³/mol. The highest BCUT2D eigenvalue weighted by Gasteiger charge is 2.00. The van der Waals surface area contributed by atoms with Gasteiger partial charge in [-0.25, -0.2) is 4.98 Å². The van der Waals surface area contributed by atoms with E-state index in [0.717, 1.165) is 12.6 Å². The summed E-state index contributed by atoms with van der Waals surface area (Å²) in [6, 6.07) is 6.11. The van der Waals surface area contributed by atoms with Gasteiger partial charge in [-0.2, -0.15) is 0 Å². The molecule has 0 aliphatic carbocycles. The van der Waals surface area contributed by atoms with Crippen LogP contribution >= 0.6 is 23.2 Å². The van der Waals surface area contributed by atoms with Crippen LogP contribution in [-0.4, -0.2) is 33.9 Å². The molecule has 1 aliphatic heterocycles. The predicted octanol–water partition coefficient (Wildman–Crippen LogP) is 2.85. The lowest BCUT2D eigenvalue weighted by atomic mass is 10.2. The fourth-order valence-corrected chi connectivity index (χ4v) is 2.22. The molecule has 1 atom stereocenters. The maximum atomic E-state index is 10.7. The molecule has 0 spiro atoms. The molecule has 0 saturated carbocycles. The number of carbonyl (C=O) groups excluding carboxylic acids is 3. The summed E-state index contributed by atoms with van der Waals surface area (Å²) in [6.07, 6.45) is 8.72. The van der Waals surface area contributed by atoms with E-state index in [1.54, 1.807) is 44.5 Å². The van der Waals surface area contributed by atoms with E-state index >= 15 is 0 Å². The topological polar surface area (TPSA) is 98.1 Å². The summed E-state index contributed by atoms with van der Waals surface area (Å²) < 4.78 is 1.36. The van der Waals surface area contributed by atoms with Crippen molar-refractivity contribution in [3.63, 3.8) is 0 Å². The Morgan fingerprint density at radius 2 is 1.83 bits per heavy atom. The van der Waals surface area contributed by atoms with Crippen LogP contribution in [0.2, 0.25) is 5.15 Å². The maximum absolute atomic E-state index is 10.7. The highest BCUT2D eigenvalue weighted by molar-refractivity contribution is 6.29. The number of allylic oxidation sites excluding steroid dienone is 2. The Morgan fingerprint density at radius 3 is 2.31 bits per heavy atom. The second-order valence-electron chi connectivity index (χ2n) is 5.65. The summed E-state index contributed by atoms with van der Waals surface area (Å²) in [7, 11) is 1.61. The van der Waals surface area contributed by atoms with Gasteiger partial charge in [-0.05, 0) is 31.2 Å². The number of halogens is 2. The van der Waals surface area contributed by atoms with Crippen molar-refractivity contribution in [2.75, 3.05) is 0 Å². The molecule has 0 aromatic carbocycles. The minimum absolute atomic E-state index is 0.106. The number of pyridine rings is 2. The normalized spacial score (nSPS) is 14.1. The van der Waals surface area contributed by atoms with Gasteiger partial charge in [0.1, 0.15) is 10.7 Å². The van der Waals surface area contributed by atoms with Crippen LogP contribution < -0.4 is 10.9 Å². The van der Waals surface area contributed by atoms with Gasteiger partial charge in [-0.3, -0.25) is 19.2 Å². The number of hydrogen-bond acceptors (Lipinski definition) is 6. The first-order chi connectivity index (χ1) is 13.8. The summed E-state index contributed by atoms with van der Waals surface area (Å²) in [5.41, 5.74) is 2.11. The zero-order chi connectivity index (χ0) is 21.8. The van der Waals surface area contributed by atoms with Crippen LogP contribution in [0, 0.1) is 6.92 Å². The number of aryl methyl sites for hydroxylation is 2. The van der Waals surface area contributed by atoms with Crippen molar-refractivity contribution in [1.82, 2.24) is 14.9 Å². The minimum atomic E-state index is -0.173. The van der Waals surface area contributed by atoms with E-state index in [2.05, 4.69) is 10.3 Å². The van der Waals surface area contributed by atoms with Gasteiger partial charge >= 0.3 is 0 Å². The van der Waals surface area contributed by atoms with Gasteiger partial charge in [0.15, 0.2) is 18.9 Å². The molecule has 1 aliphatic rings. The molecular formula is C20H19Cl2N3O4. The fraction of sp³-hybridized carbons (Fsp3) is 0.150. The smallest absolute Gasteiger partial charge is 0.250 e. The quantitative estimate of drug-likeness (QED) is 0.344. The molecule has 1 N–H and O–H groups in total. The van der Waals surface area contributed by atoms with E-state index in [9.17, 15) is 19.2 Å². The van der Waals surface area contributed by atoms with Crippen LogP contribution in [0.4, 0.5) is 0 Å². The van der Waals surface area contributed by atoms with Crippen LogP contribution in [0.3, 0.4) is 0 Å². The first-order valence-corrected chi connectivity index (χ1v) is 9.06. The molecule has 3 heterocycles. The first kappa shape index (κ1) is 24.0. The van der Waals surface area contributed by atoms with E-state index < -0.39 is 0 Å². The van der Waals surface area contributed by atoms with Crippen molar-refractivity contribution in [2.24, 2.45) is 7.05 Å². The molecule has 2 aromatic heterocycles. The Bertz CT molecular complexity index is 984. The van der Waals surface area contributed by atoms with Gasteiger partial charge in [-0.15, -0.1) is 0 Å². The Kier molecular flexibility index (Phi) is 10.3. The largest absolute Gasteiger partial charge is 0.371 e. The van der Waals surface area contributed by atoms with E-state index in [1.807, 2.05) is 0 Å². The summed E-state index contributed by atoms with van der Waals surface area (Å²) in [6.45, 7) is 1.75. The highest BCUT2D eigenvalue weighted by atomic mass is 35.5. The maximum Gasteiger partial charge on any atom is 0.250 e. The van der Waals surface area contributed by atoms with Crippen molar-refractivity contribution in [2.45, 2.75) is 12.4 Å². The van der Waals surface area contributed by atoms with Gasteiger partial charge in [0, 0.05) is 47.9 Å². The minimum Gasteiger partial charge on any atom is -0.371 e. The molecule has 7 nitrogen and oxygen atoms in total. The van der Waals surface area contributed by atoms with E-state index in [0.29, 0.717) is 33.8 Å². The number of dihydropyridines is 1. The van der Waals surface area contributed by atoms with Crippen LogP contribution in [0.5, 0.6) is 0 Å². The Labute approximate surface area is 177 Å². The third-order valence-corrected chi connectivity index (χ3v) is 3.95. The second kappa shape index (κ2) is 12.4. The molecule has 0 amide bonds. The Hall–Kier alpha value is -3.03. The number of hydrogen-bond donors (Lipinski definition) is 1. The number of nitrogens with one attached hydrogen (secondary N) is 1. The molecule has 29 heavy (non-hydrogen) atoms. The third-order valence-electron chi connectivity index (χ3n) is 3.47. The molecule has 3 rings (SSSR count). The zero-order valence-corrected chi connectivity index (χ0v) is 17.2. The van der Waals surface area contributed by atoms with Crippen LogP contribution in [-0.2, 0) is 11.8 Å². The van der Waals surface area contributed by atoms with Crippen molar-refractivity contribution < 1.29 is 14.4 Å². The Morgan fingerprint density at radius 1 is 1.10 bits per heavy atom. The second-order valence-corrected chi connectivity index (χ2v) is 6.50. The van der Waals surface area contributed by atoms with Crippen molar-refractivity contribution in [3.05, 3.63) is 86.7 Å². The molecule has 9 heteroatoms. The lowest BCUT2D eigenvalue weighted by Crippen LogP contribution is -2.18.